The van der Waals surface area contributed by atoms with Crippen molar-refractivity contribution in [1.29, 1.82) is 0 Å². The predicted octanol–water partition coefficient (Wildman–Crippen LogP) is 0.475. The van der Waals surface area contributed by atoms with E-state index in [1.54, 1.807) is 11.9 Å². The standard InChI is InChI=1S/C30H47N7O3/c1-31-29(39)5-3-27(23-38)37-22-25-20-26(2-4-28(25)30(37)40)36-18-16-35(17-19-36)21-24-6-10-33(11-7-24)14-15-34-12-8-32-9-13-34/h2,4,20,23-24,27,32H,3,5-19,21-22H2,1H3,(H,31,39). The summed E-state index contributed by atoms with van der Waals surface area (Å²) >= 11 is 0. The van der Waals surface area contributed by atoms with E-state index in [4.69, 9.17) is 0 Å². The monoisotopic (exact) mass is 553 g/mol. The van der Waals surface area contributed by atoms with E-state index >= 15 is 0 Å². The minimum absolute atomic E-state index is 0.116. The number of piperidine rings is 1. The largest absolute Gasteiger partial charge is 0.369 e. The second kappa shape index (κ2) is 13.9. The van der Waals surface area contributed by atoms with Gasteiger partial charge in [-0.2, -0.15) is 0 Å². The number of hydrogen-bond donors (Lipinski definition) is 2. The van der Waals surface area contributed by atoms with Crippen molar-refractivity contribution >= 4 is 23.8 Å². The molecule has 40 heavy (non-hydrogen) atoms. The first kappa shape index (κ1) is 29.0. The number of anilines is 1. The van der Waals surface area contributed by atoms with Crippen LogP contribution in [-0.2, 0) is 16.1 Å². The van der Waals surface area contributed by atoms with E-state index in [0.717, 1.165) is 62.7 Å². The Balaban J connectivity index is 1.05. The van der Waals surface area contributed by atoms with Gasteiger partial charge in [-0.1, -0.05) is 0 Å². The first-order valence-electron chi connectivity index (χ1n) is 15.3. The number of nitrogens with zero attached hydrogens (tertiary/aromatic N) is 5. The Hall–Kier alpha value is -2.53. The van der Waals surface area contributed by atoms with Crippen LogP contribution in [0.2, 0.25) is 0 Å². The summed E-state index contributed by atoms with van der Waals surface area (Å²) in [6.45, 7) is 15.3. The molecular formula is C30H47N7O3. The van der Waals surface area contributed by atoms with Crippen LogP contribution in [0.1, 0.15) is 41.6 Å². The molecule has 5 rings (SSSR count). The Morgan fingerprint density at radius 2 is 1.70 bits per heavy atom. The summed E-state index contributed by atoms with van der Waals surface area (Å²) < 4.78 is 0. The molecule has 2 amide bonds. The summed E-state index contributed by atoms with van der Waals surface area (Å²) in [4.78, 5) is 48.3. The highest BCUT2D eigenvalue weighted by Gasteiger charge is 2.33. The molecule has 4 aliphatic heterocycles. The van der Waals surface area contributed by atoms with E-state index in [0.29, 0.717) is 18.5 Å². The van der Waals surface area contributed by atoms with Gasteiger partial charge < -0.3 is 30.1 Å². The van der Waals surface area contributed by atoms with Crippen LogP contribution in [0.15, 0.2) is 18.2 Å². The third-order valence-electron chi connectivity index (χ3n) is 9.33. The first-order valence-corrected chi connectivity index (χ1v) is 15.3. The molecule has 0 radical (unpaired) electrons. The third kappa shape index (κ3) is 7.21. The highest BCUT2D eigenvalue weighted by Crippen LogP contribution is 2.30. The quantitative estimate of drug-likeness (QED) is 0.383. The Bertz CT molecular complexity index is 1010. The van der Waals surface area contributed by atoms with E-state index in [2.05, 4.69) is 36.3 Å². The van der Waals surface area contributed by atoms with Crippen LogP contribution in [0.25, 0.3) is 0 Å². The van der Waals surface area contributed by atoms with Crippen molar-refractivity contribution in [3.05, 3.63) is 29.3 Å². The highest BCUT2D eigenvalue weighted by molar-refractivity contribution is 6.00. The van der Waals surface area contributed by atoms with E-state index in [-0.39, 0.29) is 18.2 Å². The maximum absolute atomic E-state index is 13.0. The van der Waals surface area contributed by atoms with Gasteiger partial charge in [0.05, 0.1) is 6.04 Å². The molecule has 0 aliphatic carbocycles. The number of piperazine rings is 2. The lowest BCUT2D eigenvalue weighted by Crippen LogP contribution is -2.49. The second-order valence-electron chi connectivity index (χ2n) is 11.9. The van der Waals surface area contributed by atoms with E-state index in [1.165, 1.54) is 58.7 Å². The average Bonchev–Trinajstić information content (AvgIpc) is 3.33. The lowest BCUT2D eigenvalue weighted by Gasteiger charge is -2.40. The lowest BCUT2D eigenvalue weighted by atomic mass is 9.96. The molecule has 10 nitrogen and oxygen atoms in total. The SMILES string of the molecule is CNC(=O)CCC(C=O)N1Cc2cc(N3CCN(CC4CCN(CCN5CCNCC5)CC4)CC3)ccc2C1=O. The van der Waals surface area contributed by atoms with Gasteiger partial charge in [-0.15, -0.1) is 0 Å². The zero-order valence-corrected chi connectivity index (χ0v) is 24.2. The normalized spacial score (nSPS) is 22.4. The molecule has 3 saturated heterocycles. The molecule has 4 aliphatic rings. The van der Waals surface area contributed by atoms with Crippen LogP contribution < -0.4 is 15.5 Å². The zero-order chi connectivity index (χ0) is 27.9. The van der Waals surface area contributed by atoms with Gasteiger partial charge in [-0.05, 0) is 62.0 Å². The lowest BCUT2D eigenvalue weighted by molar-refractivity contribution is -0.121. The van der Waals surface area contributed by atoms with Crippen LogP contribution in [0.4, 0.5) is 5.69 Å². The van der Waals surface area contributed by atoms with Gasteiger partial charge in [-0.3, -0.25) is 19.4 Å². The van der Waals surface area contributed by atoms with Gasteiger partial charge in [-0.25, -0.2) is 0 Å². The molecule has 0 bridgehead atoms. The van der Waals surface area contributed by atoms with Gasteiger partial charge in [0.15, 0.2) is 0 Å². The minimum atomic E-state index is -0.580. The first-order chi connectivity index (χ1) is 19.5. The fraction of sp³-hybridized carbons (Fsp3) is 0.700. The molecule has 2 N–H and O–H groups in total. The Labute approximate surface area is 239 Å². The topological polar surface area (TPSA) is 91.5 Å². The molecule has 0 spiro atoms. The maximum Gasteiger partial charge on any atom is 0.255 e. The summed E-state index contributed by atoms with van der Waals surface area (Å²) in [7, 11) is 1.58. The van der Waals surface area contributed by atoms with Gasteiger partial charge in [0.25, 0.3) is 5.91 Å². The molecule has 1 aromatic carbocycles. The van der Waals surface area contributed by atoms with Gasteiger partial charge >= 0.3 is 0 Å². The Kier molecular flexibility index (Phi) is 10.1. The number of fused-ring (bicyclic) bond motifs is 1. The number of amides is 2. The Morgan fingerprint density at radius 3 is 2.38 bits per heavy atom. The van der Waals surface area contributed by atoms with Crippen molar-refractivity contribution in [3.8, 4) is 0 Å². The summed E-state index contributed by atoms with van der Waals surface area (Å²) in [5.74, 6) is 0.563. The molecule has 4 heterocycles. The third-order valence-corrected chi connectivity index (χ3v) is 9.33. The van der Waals surface area contributed by atoms with Gasteiger partial charge in [0.1, 0.15) is 6.29 Å². The number of rotatable bonds is 11. The van der Waals surface area contributed by atoms with Crippen molar-refractivity contribution < 1.29 is 14.4 Å². The number of hydrogen-bond acceptors (Lipinski definition) is 8. The van der Waals surface area contributed by atoms with Crippen LogP contribution in [-0.4, -0.2) is 136 Å². The molecule has 3 fully saturated rings. The average molecular weight is 554 g/mol. The smallest absolute Gasteiger partial charge is 0.255 e. The fourth-order valence-electron chi connectivity index (χ4n) is 6.66. The number of nitrogens with one attached hydrogen (secondary N) is 2. The summed E-state index contributed by atoms with van der Waals surface area (Å²) in [6, 6.07) is 5.51. The van der Waals surface area contributed by atoms with Crippen molar-refractivity contribution in [2.75, 3.05) is 97.0 Å². The number of likely N-dealkylation sites (tertiary alicyclic amines) is 1. The second-order valence-corrected chi connectivity index (χ2v) is 11.9. The molecule has 10 heteroatoms. The van der Waals surface area contributed by atoms with Crippen LogP contribution >= 0.6 is 0 Å². The minimum Gasteiger partial charge on any atom is -0.369 e. The molecule has 1 aromatic rings. The number of aldehydes is 1. The van der Waals surface area contributed by atoms with Crippen molar-refractivity contribution in [1.82, 2.24) is 30.2 Å². The van der Waals surface area contributed by atoms with Crippen molar-refractivity contribution in [2.45, 2.75) is 38.3 Å². The molecule has 0 saturated carbocycles. The van der Waals surface area contributed by atoms with Gasteiger partial charge in [0, 0.05) is 103 Å². The van der Waals surface area contributed by atoms with E-state index in [9.17, 15) is 14.4 Å². The molecule has 1 atom stereocenters. The van der Waals surface area contributed by atoms with Crippen molar-refractivity contribution in [2.24, 2.45) is 5.92 Å². The summed E-state index contributed by atoms with van der Waals surface area (Å²) in [6.07, 6.45) is 3.98. The Morgan fingerprint density at radius 1 is 1.00 bits per heavy atom. The molecular weight excluding hydrogens is 506 g/mol. The highest BCUT2D eigenvalue weighted by atomic mass is 16.2. The van der Waals surface area contributed by atoms with E-state index < -0.39 is 6.04 Å². The van der Waals surface area contributed by atoms with E-state index in [1.807, 2.05) is 12.1 Å². The summed E-state index contributed by atoms with van der Waals surface area (Å²) in [5, 5.41) is 6.02. The number of carbonyl (C=O) groups excluding carboxylic acids is 3. The molecule has 1 unspecified atom stereocenters. The fourth-order valence-corrected chi connectivity index (χ4v) is 6.66. The zero-order valence-electron chi connectivity index (χ0n) is 24.2. The van der Waals surface area contributed by atoms with Crippen molar-refractivity contribution in [3.63, 3.8) is 0 Å². The van der Waals surface area contributed by atoms with Crippen LogP contribution in [0.5, 0.6) is 0 Å². The predicted molar refractivity (Wildman–Crippen MR) is 157 cm³/mol. The summed E-state index contributed by atoms with van der Waals surface area (Å²) in [5.41, 5.74) is 2.80. The number of benzene rings is 1. The molecule has 0 aromatic heterocycles. The van der Waals surface area contributed by atoms with Gasteiger partial charge in [0.2, 0.25) is 5.91 Å². The number of carbonyl (C=O) groups is 3. The van der Waals surface area contributed by atoms with Crippen LogP contribution in [0.3, 0.4) is 0 Å². The molecule has 220 valence electrons. The maximum atomic E-state index is 13.0. The van der Waals surface area contributed by atoms with Crippen LogP contribution in [0, 0.1) is 5.92 Å².